The van der Waals surface area contributed by atoms with Gasteiger partial charge in [0.25, 0.3) is 0 Å². The first-order chi connectivity index (χ1) is 9.76. The predicted molar refractivity (Wildman–Crippen MR) is 81.6 cm³/mol. The molecular weight excluding hydrogens is 274 g/mol. The topological polar surface area (TPSA) is 40.2 Å². The van der Waals surface area contributed by atoms with Crippen LogP contribution in [0.4, 0.5) is 0 Å². The Hall–Kier alpha value is 0.0169. The van der Waals surface area contributed by atoms with Gasteiger partial charge in [-0.2, -0.15) is 0 Å². The molecule has 0 bridgehead atoms. The summed E-state index contributed by atoms with van der Waals surface area (Å²) in [6.45, 7) is 4.96. The van der Waals surface area contributed by atoms with Crippen molar-refractivity contribution in [2.45, 2.75) is 31.7 Å². The smallest absolute Gasteiger partial charge is 0.381 e. The first-order valence-electron chi connectivity index (χ1n) is 7.53. The third-order valence-electron chi connectivity index (χ3n) is 3.78. The molecule has 0 aromatic rings. The summed E-state index contributed by atoms with van der Waals surface area (Å²) >= 11 is 0. The minimum absolute atomic E-state index is 0.720. The lowest BCUT2D eigenvalue weighted by Crippen LogP contribution is -2.42. The minimum atomic E-state index is -2.41. The van der Waals surface area contributed by atoms with Crippen molar-refractivity contribution in [3.8, 4) is 0 Å². The Morgan fingerprint density at radius 3 is 2.25 bits per heavy atom. The fraction of sp³-hybridized carbons (Fsp3) is 0.929. The monoisotopic (exact) mass is 304 g/mol. The molecule has 0 spiro atoms. The second kappa shape index (κ2) is 10.7. The summed E-state index contributed by atoms with van der Waals surface area (Å²) in [7, 11) is 2.52. The largest absolute Gasteiger partial charge is 0.500 e. The molecule has 119 valence electrons. The van der Waals surface area contributed by atoms with Crippen LogP contribution in [0.1, 0.15) is 25.7 Å². The van der Waals surface area contributed by atoms with E-state index in [-0.39, 0.29) is 0 Å². The van der Waals surface area contributed by atoms with E-state index in [2.05, 4.69) is 11.3 Å². The maximum atomic E-state index is 5.63. The molecule has 1 fully saturated rings. The van der Waals surface area contributed by atoms with Gasteiger partial charge >= 0.3 is 8.80 Å². The van der Waals surface area contributed by atoms with Crippen LogP contribution < -0.4 is 0 Å². The van der Waals surface area contributed by atoms with E-state index >= 15 is 0 Å². The van der Waals surface area contributed by atoms with Crippen molar-refractivity contribution in [2.24, 2.45) is 0 Å². The van der Waals surface area contributed by atoms with Crippen LogP contribution in [0.25, 0.3) is 0 Å². The summed E-state index contributed by atoms with van der Waals surface area (Å²) in [6, 6.07) is 0.794. The fourth-order valence-electron chi connectivity index (χ4n) is 2.49. The van der Waals surface area contributed by atoms with Gasteiger partial charge < -0.3 is 22.9 Å². The first kappa shape index (κ1) is 18.1. The fourth-order valence-corrected chi connectivity index (χ4v) is 4.18. The Bertz CT molecular complexity index is 225. The zero-order chi connectivity index (χ0) is 14.7. The average molecular weight is 304 g/mol. The number of piperidine rings is 1. The normalized spacial score (nSPS) is 17.6. The van der Waals surface area contributed by atoms with E-state index in [0.717, 1.165) is 32.2 Å². The molecule has 1 radical (unpaired) electrons. The molecule has 1 rings (SSSR count). The number of rotatable bonds is 11. The lowest BCUT2D eigenvalue weighted by atomic mass is 10.1. The Balaban J connectivity index is 1.96. The van der Waals surface area contributed by atoms with Crippen molar-refractivity contribution in [2.75, 3.05) is 54.2 Å². The van der Waals surface area contributed by atoms with Gasteiger partial charge in [-0.3, -0.25) is 0 Å². The highest BCUT2D eigenvalue weighted by atomic mass is 28.4. The molecule has 1 heterocycles. The quantitative estimate of drug-likeness (QED) is 0.431. The van der Waals surface area contributed by atoms with Gasteiger partial charge in [0, 0.05) is 46.9 Å². The van der Waals surface area contributed by atoms with E-state index in [1.807, 2.05) is 0 Å². The van der Waals surface area contributed by atoms with Gasteiger partial charge in [-0.05, 0) is 32.4 Å². The third-order valence-corrected chi connectivity index (χ3v) is 6.61. The summed E-state index contributed by atoms with van der Waals surface area (Å²) in [6.07, 6.45) is 7.19. The molecule has 0 saturated carbocycles. The third kappa shape index (κ3) is 6.65. The van der Waals surface area contributed by atoms with Crippen LogP contribution in [0.3, 0.4) is 0 Å². The number of nitrogens with zero attached hydrogens (tertiary/aromatic N) is 1. The highest BCUT2D eigenvalue weighted by Crippen LogP contribution is 2.14. The molecule has 0 aliphatic carbocycles. The van der Waals surface area contributed by atoms with Crippen LogP contribution in [0.15, 0.2) is 0 Å². The molecule has 1 aliphatic rings. The highest BCUT2D eigenvalue weighted by Gasteiger charge is 2.36. The summed E-state index contributed by atoms with van der Waals surface area (Å²) in [5.41, 5.74) is 0. The van der Waals surface area contributed by atoms with Crippen molar-refractivity contribution >= 4 is 8.80 Å². The second-order valence-electron chi connectivity index (χ2n) is 5.12. The zero-order valence-electron chi connectivity index (χ0n) is 13.2. The standard InChI is InChI=1S/C14H30NO4Si/c1-16-20(17-2,18-3)14-8-13-19-12-7-11-15-9-5-4-6-10-15/h7H,4-6,8-14H2,1-3H3. The molecule has 5 nitrogen and oxygen atoms in total. The molecule has 0 aromatic heterocycles. The van der Waals surface area contributed by atoms with Gasteiger partial charge in [-0.1, -0.05) is 6.42 Å². The summed E-state index contributed by atoms with van der Waals surface area (Å²) < 4.78 is 21.7. The molecule has 0 N–H and O–H groups in total. The lowest BCUT2D eigenvalue weighted by Gasteiger charge is -2.26. The zero-order valence-corrected chi connectivity index (χ0v) is 14.2. The van der Waals surface area contributed by atoms with Crippen LogP contribution in [-0.2, 0) is 18.0 Å². The second-order valence-corrected chi connectivity index (χ2v) is 8.21. The number of likely N-dealkylation sites (tertiary alicyclic amines) is 1. The van der Waals surface area contributed by atoms with Gasteiger partial charge in [0.05, 0.1) is 6.61 Å². The molecule has 0 unspecified atom stereocenters. The Kier molecular flexibility index (Phi) is 9.67. The number of hydrogen-bond donors (Lipinski definition) is 0. The molecule has 20 heavy (non-hydrogen) atoms. The molecule has 0 atom stereocenters. The first-order valence-corrected chi connectivity index (χ1v) is 9.47. The van der Waals surface area contributed by atoms with Crippen molar-refractivity contribution < 1.29 is 18.0 Å². The molecular formula is C14H30NO4Si. The van der Waals surface area contributed by atoms with Crippen molar-refractivity contribution in [3.05, 3.63) is 6.42 Å². The molecule has 0 amide bonds. The maximum absolute atomic E-state index is 5.63. The summed E-state index contributed by atoms with van der Waals surface area (Å²) in [5.74, 6) is 0. The summed E-state index contributed by atoms with van der Waals surface area (Å²) in [4.78, 5) is 2.49. The van der Waals surface area contributed by atoms with E-state index < -0.39 is 8.80 Å². The number of hydrogen-bond acceptors (Lipinski definition) is 5. The Morgan fingerprint density at radius 1 is 1.00 bits per heavy atom. The molecule has 1 aliphatic heterocycles. The van der Waals surface area contributed by atoms with Crippen molar-refractivity contribution in [1.82, 2.24) is 4.90 Å². The predicted octanol–water partition coefficient (Wildman–Crippen LogP) is 1.96. The van der Waals surface area contributed by atoms with Crippen molar-refractivity contribution in [1.29, 1.82) is 0 Å². The highest BCUT2D eigenvalue weighted by molar-refractivity contribution is 6.60. The van der Waals surface area contributed by atoms with Crippen LogP contribution in [0, 0.1) is 6.42 Å². The maximum Gasteiger partial charge on any atom is 0.500 e. The van der Waals surface area contributed by atoms with Gasteiger partial charge in [0.1, 0.15) is 0 Å². The van der Waals surface area contributed by atoms with E-state index in [9.17, 15) is 0 Å². The Labute approximate surface area is 124 Å². The minimum Gasteiger partial charge on any atom is -0.381 e. The van der Waals surface area contributed by atoms with Gasteiger partial charge in [-0.15, -0.1) is 0 Å². The average Bonchev–Trinajstić information content (AvgIpc) is 2.52. The SMILES string of the molecule is CO[Si](CCCOC[CH]CN1CCCCC1)(OC)OC. The lowest BCUT2D eigenvalue weighted by molar-refractivity contribution is 0.111. The Morgan fingerprint density at radius 2 is 1.65 bits per heavy atom. The van der Waals surface area contributed by atoms with E-state index in [1.54, 1.807) is 21.3 Å². The van der Waals surface area contributed by atoms with Crippen molar-refractivity contribution in [3.63, 3.8) is 0 Å². The van der Waals surface area contributed by atoms with E-state index in [4.69, 9.17) is 18.0 Å². The molecule has 0 aromatic carbocycles. The molecule has 1 saturated heterocycles. The van der Waals surface area contributed by atoms with Gasteiger partial charge in [0.15, 0.2) is 0 Å². The van der Waals surface area contributed by atoms with Gasteiger partial charge in [-0.25, -0.2) is 0 Å². The van der Waals surface area contributed by atoms with Crippen LogP contribution >= 0.6 is 0 Å². The van der Waals surface area contributed by atoms with E-state index in [1.165, 1.54) is 32.4 Å². The van der Waals surface area contributed by atoms with Crippen LogP contribution in [-0.4, -0.2) is 67.9 Å². The summed E-state index contributed by atoms with van der Waals surface area (Å²) in [5, 5.41) is 0. The van der Waals surface area contributed by atoms with E-state index in [0.29, 0.717) is 0 Å². The molecule has 6 heteroatoms. The van der Waals surface area contributed by atoms with Crippen LogP contribution in [0.2, 0.25) is 6.04 Å². The van der Waals surface area contributed by atoms with Gasteiger partial charge in [0.2, 0.25) is 0 Å². The number of ether oxygens (including phenoxy) is 1. The van der Waals surface area contributed by atoms with Crippen LogP contribution in [0.5, 0.6) is 0 Å².